The predicted molar refractivity (Wildman–Crippen MR) is 82.3 cm³/mol. The first-order chi connectivity index (χ1) is 9.86. The molecule has 0 radical (unpaired) electrons. The summed E-state index contributed by atoms with van der Waals surface area (Å²) in [7, 11) is 0. The predicted octanol–water partition coefficient (Wildman–Crippen LogP) is 3.77. The van der Waals surface area contributed by atoms with Crippen LogP contribution < -0.4 is 10.1 Å². The van der Waals surface area contributed by atoms with Gasteiger partial charge in [0.05, 0.1) is 12.6 Å². The molecule has 0 spiro atoms. The molecule has 1 atom stereocenters. The van der Waals surface area contributed by atoms with Crippen molar-refractivity contribution < 1.29 is 4.74 Å². The van der Waals surface area contributed by atoms with Crippen LogP contribution in [-0.2, 0) is 0 Å². The van der Waals surface area contributed by atoms with Gasteiger partial charge in [-0.3, -0.25) is 0 Å². The van der Waals surface area contributed by atoms with Gasteiger partial charge in [0.25, 0.3) is 0 Å². The van der Waals surface area contributed by atoms with Crippen molar-refractivity contribution in [2.24, 2.45) is 0 Å². The molecule has 0 aliphatic heterocycles. The zero-order valence-corrected chi connectivity index (χ0v) is 12.5. The number of aromatic nitrogens is 1. The van der Waals surface area contributed by atoms with Crippen molar-refractivity contribution in [2.45, 2.75) is 38.3 Å². The molecule has 0 saturated heterocycles. The van der Waals surface area contributed by atoms with Gasteiger partial charge in [-0.1, -0.05) is 19.1 Å². The van der Waals surface area contributed by atoms with Crippen LogP contribution in [0.15, 0.2) is 35.8 Å². The monoisotopic (exact) mass is 288 g/mol. The van der Waals surface area contributed by atoms with Crippen LogP contribution in [0.4, 0.5) is 0 Å². The minimum atomic E-state index is 0.211. The minimum absolute atomic E-state index is 0.211. The molecule has 1 aliphatic carbocycles. The second-order valence-corrected chi connectivity index (χ2v) is 6.09. The highest BCUT2D eigenvalue weighted by molar-refractivity contribution is 7.09. The van der Waals surface area contributed by atoms with Gasteiger partial charge in [-0.2, -0.15) is 0 Å². The summed E-state index contributed by atoms with van der Waals surface area (Å²) in [6.45, 7) is 2.89. The van der Waals surface area contributed by atoms with Gasteiger partial charge in [-0.05, 0) is 37.0 Å². The van der Waals surface area contributed by atoms with Crippen molar-refractivity contribution in [1.29, 1.82) is 0 Å². The maximum Gasteiger partial charge on any atom is 0.119 e. The molecular formula is C16H20N2OS. The van der Waals surface area contributed by atoms with E-state index in [2.05, 4.69) is 41.5 Å². The average Bonchev–Trinajstić information content (AvgIpc) is 3.15. The van der Waals surface area contributed by atoms with E-state index in [-0.39, 0.29) is 6.04 Å². The Morgan fingerprint density at radius 1 is 1.35 bits per heavy atom. The number of thiazole rings is 1. The zero-order chi connectivity index (χ0) is 13.8. The second kappa shape index (κ2) is 6.37. The highest BCUT2D eigenvalue weighted by atomic mass is 32.1. The Kier molecular flexibility index (Phi) is 4.33. The maximum atomic E-state index is 5.64. The number of hydrogen-bond donors (Lipinski definition) is 1. The molecule has 1 saturated carbocycles. The molecule has 0 bridgehead atoms. The minimum Gasteiger partial charge on any atom is -0.494 e. The summed E-state index contributed by atoms with van der Waals surface area (Å²) in [6, 6.07) is 9.27. The third-order valence-electron chi connectivity index (χ3n) is 3.36. The van der Waals surface area contributed by atoms with E-state index in [1.165, 1.54) is 18.4 Å². The number of ether oxygens (including phenoxy) is 1. The molecule has 1 unspecified atom stereocenters. The first-order valence-electron chi connectivity index (χ1n) is 7.25. The van der Waals surface area contributed by atoms with E-state index in [0.717, 1.165) is 23.8 Å². The summed E-state index contributed by atoms with van der Waals surface area (Å²) in [5, 5.41) is 6.85. The van der Waals surface area contributed by atoms with Crippen molar-refractivity contribution in [3.63, 3.8) is 0 Å². The normalized spacial score (nSPS) is 16.1. The Bertz CT molecular complexity index is 520. The van der Waals surface area contributed by atoms with Crippen LogP contribution in [0.2, 0.25) is 0 Å². The summed E-state index contributed by atoms with van der Waals surface area (Å²) in [5.74, 6) is 0.944. The summed E-state index contributed by atoms with van der Waals surface area (Å²) in [4.78, 5) is 4.47. The maximum absolute atomic E-state index is 5.64. The molecule has 106 valence electrons. The highest BCUT2D eigenvalue weighted by Gasteiger charge is 2.27. The average molecular weight is 288 g/mol. The molecular weight excluding hydrogens is 268 g/mol. The van der Waals surface area contributed by atoms with E-state index >= 15 is 0 Å². The largest absolute Gasteiger partial charge is 0.494 e. The summed E-state index contributed by atoms with van der Waals surface area (Å²) < 4.78 is 5.64. The molecule has 20 heavy (non-hydrogen) atoms. The lowest BCUT2D eigenvalue weighted by Gasteiger charge is -2.17. The fraction of sp³-hybridized carbons (Fsp3) is 0.438. The third kappa shape index (κ3) is 3.38. The van der Waals surface area contributed by atoms with Gasteiger partial charge in [0.1, 0.15) is 10.8 Å². The van der Waals surface area contributed by atoms with E-state index in [1.807, 2.05) is 11.6 Å². The SMILES string of the molecule is CCCOc1ccc(C(NC2CC2)c2nccs2)cc1. The Hall–Kier alpha value is -1.39. The number of rotatable bonds is 7. The van der Waals surface area contributed by atoms with Gasteiger partial charge in [0.15, 0.2) is 0 Å². The summed E-state index contributed by atoms with van der Waals surface area (Å²) >= 11 is 1.71. The van der Waals surface area contributed by atoms with Crippen LogP contribution in [0.25, 0.3) is 0 Å². The fourth-order valence-electron chi connectivity index (χ4n) is 2.15. The van der Waals surface area contributed by atoms with Crippen LogP contribution in [0.5, 0.6) is 5.75 Å². The molecule has 1 aromatic carbocycles. The quantitative estimate of drug-likeness (QED) is 0.842. The third-order valence-corrected chi connectivity index (χ3v) is 4.20. The number of hydrogen-bond acceptors (Lipinski definition) is 4. The van der Waals surface area contributed by atoms with Gasteiger partial charge < -0.3 is 10.1 Å². The lowest BCUT2D eigenvalue weighted by atomic mass is 10.1. The lowest BCUT2D eigenvalue weighted by molar-refractivity contribution is 0.317. The topological polar surface area (TPSA) is 34.1 Å². The van der Waals surface area contributed by atoms with Crippen molar-refractivity contribution in [1.82, 2.24) is 10.3 Å². The molecule has 0 amide bonds. The van der Waals surface area contributed by atoms with Crippen LogP contribution in [0, 0.1) is 0 Å². The summed E-state index contributed by atoms with van der Waals surface area (Å²) in [5.41, 5.74) is 1.26. The number of benzene rings is 1. The second-order valence-electron chi connectivity index (χ2n) is 5.16. The van der Waals surface area contributed by atoms with E-state index in [1.54, 1.807) is 11.3 Å². The van der Waals surface area contributed by atoms with Crippen molar-refractivity contribution >= 4 is 11.3 Å². The van der Waals surface area contributed by atoms with E-state index < -0.39 is 0 Å². The van der Waals surface area contributed by atoms with E-state index in [0.29, 0.717) is 6.04 Å². The molecule has 1 N–H and O–H groups in total. The van der Waals surface area contributed by atoms with Crippen molar-refractivity contribution in [3.8, 4) is 5.75 Å². The molecule has 3 nitrogen and oxygen atoms in total. The fourth-order valence-corrected chi connectivity index (χ4v) is 2.87. The van der Waals surface area contributed by atoms with Gasteiger partial charge in [-0.15, -0.1) is 11.3 Å². The molecule has 1 heterocycles. The molecule has 2 aromatic rings. The molecule has 1 fully saturated rings. The Balaban J connectivity index is 1.76. The van der Waals surface area contributed by atoms with Crippen LogP contribution >= 0.6 is 11.3 Å². The Morgan fingerprint density at radius 3 is 2.75 bits per heavy atom. The summed E-state index contributed by atoms with van der Waals surface area (Å²) in [6.07, 6.45) is 5.46. The Labute approximate surface area is 124 Å². The van der Waals surface area contributed by atoms with Crippen LogP contribution in [0.1, 0.15) is 42.8 Å². The Morgan fingerprint density at radius 2 is 2.15 bits per heavy atom. The van der Waals surface area contributed by atoms with E-state index in [9.17, 15) is 0 Å². The standard InChI is InChI=1S/C16H20N2OS/c1-2-10-19-14-7-3-12(4-8-14)15(18-13-5-6-13)16-17-9-11-20-16/h3-4,7-9,11,13,15,18H,2,5-6,10H2,1H3. The number of nitrogens with one attached hydrogen (secondary N) is 1. The molecule has 4 heteroatoms. The van der Waals surface area contributed by atoms with Crippen LogP contribution in [-0.4, -0.2) is 17.6 Å². The first-order valence-corrected chi connectivity index (χ1v) is 8.13. The van der Waals surface area contributed by atoms with Crippen LogP contribution in [0.3, 0.4) is 0 Å². The molecule has 1 aliphatic rings. The lowest BCUT2D eigenvalue weighted by Crippen LogP contribution is -2.24. The van der Waals surface area contributed by atoms with Gasteiger partial charge in [0, 0.05) is 17.6 Å². The smallest absolute Gasteiger partial charge is 0.119 e. The molecule has 1 aromatic heterocycles. The zero-order valence-electron chi connectivity index (χ0n) is 11.7. The van der Waals surface area contributed by atoms with Gasteiger partial charge >= 0.3 is 0 Å². The van der Waals surface area contributed by atoms with Crippen molar-refractivity contribution in [2.75, 3.05) is 6.61 Å². The molecule has 3 rings (SSSR count). The van der Waals surface area contributed by atoms with Gasteiger partial charge in [0.2, 0.25) is 0 Å². The van der Waals surface area contributed by atoms with Gasteiger partial charge in [-0.25, -0.2) is 4.98 Å². The van der Waals surface area contributed by atoms with E-state index in [4.69, 9.17) is 4.74 Å². The first kappa shape index (κ1) is 13.6. The van der Waals surface area contributed by atoms with Crippen molar-refractivity contribution in [3.05, 3.63) is 46.4 Å². The highest BCUT2D eigenvalue weighted by Crippen LogP contribution is 2.30. The number of nitrogens with zero attached hydrogens (tertiary/aromatic N) is 1.